The van der Waals surface area contributed by atoms with Gasteiger partial charge in [0.25, 0.3) is 0 Å². The number of hydrogen-bond donors (Lipinski definition) is 1. The molecule has 20 heavy (non-hydrogen) atoms. The molecule has 0 fully saturated rings. The van der Waals surface area contributed by atoms with Crippen LogP contribution < -0.4 is 9.47 Å². The third-order valence-electron chi connectivity index (χ3n) is 2.42. The topological polar surface area (TPSA) is 77.3 Å². The number of methoxy groups -OCH3 is 2. The normalized spacial score (nSPS) is 11.4. The lowest BCUT2D eigenvalue weighted by atomic mass is 10.1. The molecule has 1 N–H and O–H groups in total. The molecule has 0 saturated carbocycles. The third-order valence-corrected chi connectivity index (χ3v) is 2.42. The van der Waals surface area contributed by atoms with Gasteiger partial charge in [-0.05, 0) is 31.2 Å². The Balaban J connectivity index is 2.66. The molecule has 0 aliphatic rings. The van der Waals surface area contributed by atoms with Gasteiger partial charge in [-0.2, -0.15) is 0 Å². The van der Waals surface area contributed by atoms with Crippen molar-refractivity contribution in [2.24, 2.45) is 5.16 Å². The van der Waals surface area contributed by atoms with Crippen LogP contribution in [-0.2, 0) is 9.63 Å². The number of carboxylic acids is 1. The summed E-state index contributed by atoms with van der Waals surface area (Å²) in [6.07, 6.45) is 3.49. The quantitative estimate of drug-likeness (QED) is 0.470. The molecule has 0 amide bonds. The van der Waals surface area contributed by atoms with Gasteiger partial charge in [0.1, 0.15) is 18.1 Å². The second-order valence-corrected chi connectivity index (χ2v) is 3.79. The lowest BCUT2D eigenvalue weighted by Gasteiger charge is -2.07. The Bertz CT molecular complexity index is 522. The van der Waals surface area contributed by atoms with Crippen molar-refractivity contribution in [2.45, 2.75) is 6.92 Å². The third kappa shape index (κ3) is 4.64. The van der Waals surface area contributed by atoms with Crippen molar-refractivity contribution in [1.29, 1.82) is 0 Å². The largest absolute Gasteiger partial charge is 0.497 e. The summed E-state index contributed by atoms with van der Waals surface area (Å²) < 4.78 is 10.4. The van der Waals surface area contributed by atoms with Crippen LogP contribution in [0.5, 0.6) is 11.5 Å². The van der Waals surface area contributed by atoms with Crippen molar-refractivity contribution in [3.8, 4) is 11.5 Å². The standard InChI is InChI=1S/C14H17NO5/c1-10(14(16)17)15-20-8-4-5-11-9-12(18-2)6-7-13(11)19-3/h4-7,9H,8H2,1-3H3,(H,16,17)/b5-4+,15-10-. The van der Waals surface area contributed by atoms with Gasteiger partial charge >= 0.3 is 5.97 Å². The van der Waals surface area contributed by atoms with E-state index in [1.807, 2.05) is 6.07 Å². The van der Waals surface area contributed by atoms with Gasteiger partial charge in [0, 0.05) is 5.56 Å². The highest BCUT2D eigenvalue weighted by molar-refractivity contribution is 6.34. The van der Waals surface area contributed by atoms with Crippen LogP contribution in [0.3, 0.4) is 0 Å². The molecule has 0 aliphatic heterocycles. The zero-order valence-electron chi connectivity index (χ0n) is 11.6. The molecule has 0 atom stereocenters. The van der Waals surface area contributed by atoms with Crippen LogP contribution >= 0.6 is 0 Å². The summed E-state index contributed by atoms with van der Waals surface area (Å²) in [5.74, 6) is 0.307. The number of ether oxygens (including phenoxy) is 2. The fourth-order valence-corrected chi connectivity index (χ4v) is 1.36. The number of nitrogens with zero attached hydrogens (tertiary/aromatic N) is 1. The van der Waals surface area contributed by atoms with E-state index in [2.05, 4.69) is 5.16 Å². The Morgan fingerprint density at radius 1 is 1.35 bits per heavy atom. The maximum absolute atomic E-state index is 10.5. The first-order chi connectivity index (χ1) is 9.58. The van der Waals surface area contributed by atoms with Crippen molar-refractivity contribution in [3.05, 3.63) is 29.8 Å². The number of oxime groups is 1. The molecule has 1 aromatic carbocycles. The summed E-state index contributed by atoms with van der Waals surface area (Å²) in [5, 5.41) is 12.0. The van der Waals surface area contributed by atoms with E-state index in [-0.39, 0.29) is 12.3 Å². The van der Waals surface area contributed by atoms with Crippen LogP contribution in [0.1, 0.15) is 12.5 Å². The van der Waals surface area contributed by atoms with Gasteiger partial charge < -0.3 is 19.4 Å². The van der Waals surface area contributed by atoms with E-state index in [0.717, 1.165) is 5.56 Å². The Morgan fingerprint density at radius 2 is 2.10 bits per heavy atom. The van der Waals surface area contributed by atoms with E-state index in [0.29, 0.717) is 11.5 Å². The summed E-state index contributed by atoms with van der Waals surface area (Å²) in [7, 11) is 3.16. The van der Waals surface area contributed by atoms with Crippen LogP contribution in [0.2, 0.25) is 0 Å². The Hall–Kier alpha value is -2.50. The molecule has 6 heteroatoms. The van der Waals surface area contributed by atoms with Gasteiger partial charge in [-0.1, -0.05) is 11.2 Å². The molecule has 6 nitrogen and oxygen atoms in total. The summed E-state index contributed by atoms with van der Waals surface area (Å²) in [4.78, 5) is 15.3. The van der Waals surface area contributed by atoms with Gasteiger partial charge in [-0.25, -0.2) is 4.79 Å². The van der Waals surface area contributed by atoms with Crippen LogP contribution in [0, 0.1) is 0 Å². The van der Waals surface area contributed by atoms with Crippen LogP contribution in [-0.4, -0.2) is 37.6 Å². The fourth-order valence-electron chi connectivity index (χ4n) is 1.36. The zero-order chi connectivity index (χ0) is 15.0. The van der Waals surface area contributed by atoms with Crippen LogP contribution in [0.25, 0.3) is 6.08 Å². The highest BCUT2D eigenvalue weighted by atomic mass is 16.6. The molecule has 0 radical (unpaired) electrons. The van der Waals surface area contributed by atoms with Crippen molar-refractivity contribution in [3.63, 3.8) is 0 Å². The van der Waals surface area contributed by atoms with Gasteiger partial charge in [0.15, 0.2) is 5.71 Å². The van der Waals surface area contributed by atoms with Crippen molar-refractivity contribution >= 4 is 17.8 Å². The van der Waals surface area contributed by atoms with E-state index >= 15 is 0 Å². The number of rotatable bonds is 7. The molecular weight excluding hydrogens is 262 g/mol. The van der Waals surface area contributed by atoms with E-state index in [9.17, 15) is 4.79 Å². The summed E-state index contributed by atoms with van der Waals surface area (Å²) in [6, 6.07) is 5.42. The van der Waals surface area contributed by atoms with Gasteiger partial charge in [-0.15, -0.1) is 0 Å². The molecule has 0 bridgehead atoms. The lowest BCUT2D eigenvalue weighted by Crippen LogP contribution is -2.08. The maximum Gasteiger partial charge on any atom is 0.353 e. The maximum atomic E-state index is 10.5. The number of carbonyl (C=O) groups is 1. The van der Waals surface area contributed by atoms with E-state index in [1.54, 1.807) is 38.5 Å². The monoisotopic (exact) mass is 279 g/mol. The molecule has 0 aliphatic carbocycles. The molecule has 1 aromatic rings. The zero-order valence-corrected chi connectivity index (χ0v) is 11.6. The lowest BCUT2D eigenvalue weighted by molar-refractivity contribution is -0.129. The molecule has 1 rings (SSSR count). The minimum absolute atomic E-state index is 0.0997. The van der Waals surface area contributed by atoms with Crippen LogP contribution in [0.15, 0.2) is 29.4 Å². The van der Waals surface area contributed by atoms with Crippen LogP contribution in [0.4, 0.5) is 0 Å². The average Bonchev–Trinajstić information content (AvgIpc) is 2.46. The number of benzene rings is 1. The van der Waals surface area contributed by atoms with Crippen molar-refractivity contribution in [1.82, 2.24) is 0 Å². The Kier molecular flexibility index (Phi) is 6.09. The van der Waals surface area contributed by atoms with E-state index in [1.165, 1.54) is 6.92 Å². The second kappa shape index (κ2) is 7.83. The number of aliphatic carboxylic acids is 1. The smallest absolute Gasteiger partial charge is 0.353 e. The predicted molar refractivity (Wildman–Crippen MR) is 75.3 cm³/mol. The predicted octanol–water partition coefficient (Wildman–Crippen LogP) is 2.19. The molecule has 0 aromatic heterocycles. The Labute approximate surface area is 117 Å². The van der Waals surface area contributed by atoms with Gasteiger partial charge in [0.2, 0.25) is 0 Å². The molecule has 108 valence electrons. The van der Waals surface area contributed by atoms with Crippen molar-refractivity contribution in [2.75, 3.05) is 20.8 Å². The molecule has 0 spiro atoms. The van der Waals surface area contributed by atoms with E-state index < -0.39 is 5.97 Å². The van der Waals surface area contributed by atoms with Gasteiger partial charge in [0.05, 0.1) is 14.2 Å². The number of carboxylic acid groups (broad SMARTS) is 1. The second-order valence-electron chi connectivity index (χ2n) is 3.79. The summed E-state index contributed by atoms with van der Waals surface area (Å²) >= 11 is 0. The van der Waals surface area contributed by atoms with Gasteiger partial charge in [-0.3, -0.25) is 0 Å². The molecular formula is C14H17NO5. The fraction of sp³-hybridized carbons (Fsp3) is 0.286. The SMILES string of the molecule is COc1ccc(OC)c(/C=C/CO/N=C(/C)C(=O)O)c1. The molecule has 0 heterocycles. The van der Waals surface area contributed by atoms with E-state index in [4.69, 9.17) is 19.4 Å². The summed E-state index contributed by atoms with van der Waals surface area (Å²) in [6.45, 7) is 1.52. The van der Waals surface area contributed by atoms with Crippen molar-refractivity contribution < 1.29 is 24.2 Å². The highest BCUT2D eigenvalue weighted by Gasteiger charge is 2.02. The Morgan fingerprint density at radius 3 is 2.70 bits per heavy atom. The summed E-state index contributed by atoms with van der Waals surface area (Å²) in [5.41, 5.74) is 0.728. The first kappa shape index (κ1) is 15.6. The highest BCUT2D eigenvalue weighted by Crippen LogP contribution is 2.24. The first-order valence-electron chi connectivity index (χ1n) is 5.87. The first-order valence-corrected chi connectivity index (χ1v) is 5.87. The minimum atomic E-state index is -1.11. The molecule has 0 unspecified atom stereocenters. The number of hydrogen-bond acceptors (Lipinski definition) is 5. The average molecular weight is 279 g/mol. The molecule has 0 saturated heterocycles. The minimum Gasteiger partial charge on any atom is -0.497 e.